The molecule has 3 rings (SSSR count). The highest BCUT2D eigenvalue weighted by Crippen LogP contribution is 2.50. The van der Waals surface area contributed by atoms with Gasteiger partial charge in [0.25, 0.3) is 0 Å². The van der Waals surface area contributed by atoms with Crippen molar-refractivity contribution in [3.63, 3.8) is 0 Å². The maximum absolute atomic E-state index is 13.4. The zero-order chi connectivity index (χ0) is 22.3. The molecule has 2 fully saturated rings. The van der Waals surface area contributed by atoms with Crippen molar-refractivity contribution in [1.82, 2.24) is 0 Å². The number of hydrogen-bond acceptors (Lipinski definition) is 3. The number of alkyl halides is 3. The topological polar surface area (TPSA) is 35.5 Å². The van der Waals surface area contributed by atoms with Gasteiger partial charge in [0.2, 0.25) is 0 Å². The number of rotatable bonds is 8. The number of carbonyl (C=O) groups excluding carboxylic acids is 1. The summed E-state index contributed by atoms with van der Waals surface area (Å²) in [5, 5.41) is 0. The third-order valence-corrected chi connectivity index (χ3v) is 7.26. The number of esters is 1. The summed E-state index contributed by atoms with van der Waals surface area (Å²) < 4.78 is 46.7. The molecule has 0 heterocycles. The summed E-state index contributed by atoms with van der Waals surface area (Å²) in [6.07, 6.45) is 9.83. The van der Waals surface area contributed by atoms with Crippen LogP contribution >= 0.6 is 0 Å². The molecule has 0 radical (unpaired) electrons. The number of benzene rings is 1. The van der Waals surface area contributed by atoms with Gasteiger partial charge in [-0.3, -0.25) is 4.79 Å². The van der Waals surface area contributed by atoms with E-state index in [1.165, 1.54) is 62.8 Å². The van der Waals surface area contributed by atoms with E-state index in [9.17, 15) is 18.0 Å². The summed E-state index contributed by atoms with van der Waals surface area (Å²) in [5.74, 6) is 0.876. The van der Waals surface area contributed by atoms with Crippen molar-refractivity contribution in [2.75, 3.05) is 0 Å². The Morgan fingerprint density at radius 1 is 0.968 bits per heavy atom. The summed E-state index contributed by atoms with van der Waals surface area (Å²) in [6.45, 7) is 2.23. The second-order valence-electron chi connectivity index (χ2n) is 9.34. The summed E-state index contributed by atoms with van der Waals surface area (Å²) in [5.41, 5.74) is -0.451. The molecule has 2 aliphatic rings. The largest absolute Gasteiger partial charge is 0.573 e. The van der Waals surface area contributed by atoms with Crippen LogP contribution in [0.15, 0.2) is 24.3 Å². The normalized spacial score (nSPS) is 23.9. The fraction of sp³-hybridized carbons (Fsp3) is 0.720. The van der Waals surface area contributed by atoms with Crippen LogP contribution in [0.3, 0.4) is 0 Å². The van der Waals surface area contributed by atoms with Gasteiger partial charge in [0.15, 0.2) is 0 Å². The van der Waals surface area contributed by atoms with Crippen LogP contribution < -0.4 is 9.47 Å². The van der Waals surface area contributed by atoms with Gasteiger partial charge in [0.05, 0.1) is 5.41 Å². The lowest BCUT2D eigenvalue weighted by Gasteiger charge is -2.44. The van der Waals surface area contributed by atoms with Crippen molar-refractivity contribution in [3.05, 3.63) is 24.3 Å². The molecule has 1 aromatic carbocycles. The SMILES string of the molecule is CCCCCC1CCC(C2(C(=O)Oc3ccc(OC(F)(F)F)cc3)CCCCC2)CC1. The third-order valence-electron chi connectivity index (χ3n) is 7.26. The number of hydrogen-bond donors (Lipinski definition) is 0. The molecule has 2 saturated carbocycles. The molecule has 0 atom stereocenters. The second kappa shape index (κ2) is 10.7. The first-order valence-corrected chi connectivity index (χ1v) is 11.9. The van der Waals surface area contributed by atoms with Gasteiger partial charge in [-0.2, -0.15) is 0 Å². The Morgan fingerprint density at radius 2 is 1.58 bits per heavy atom. The minimum atomic E-state index is -4.74. The molecule has 1 aromatic rings. The summed E-state index contributed by atoms with van der Waals surface area (Å²) in [4.78, 5) is 13.4. The lowest BCUT2D eigenvalue weighted by Crippen LogP contribution is -2.44. The number of ether oxygens (including phenoxy) is 2. The molecule has 0 aromatic heterocycles. The Bertz CT molecular complexity index is 685. The van der Waals surface area contributed by atoms with E-state index in [0.29, 0.717) is 5.92 Å². The predicted octanol–water partition coefficient (Wildman–Crippen LogP) is 7.83. The molecule has 0 bridgehead atoms. The maximum atomic E-state index is 13.4. The van der Waals surface area contributed by atoms with Crippen molar-refractivity contribution < 1.29 is 27.4 Å². The molecular formula is C25H35F3O3. The van der Waals surface area contributed by atoms with E-state index in [4.69, 9.17) is 4.74 Å². The van der Waals surface area contributed by atoms with Crippen LogP contribution in [-0.2, 0) is 4.79 Å². The smallest absolute Gasteiger partial charge is 0.426 e. The molecule has 6 heteroatoms. The Morgan fingerprint density at radius 3 is 2.16 bits per heavy atom. The first-order chi connectivity index (χ1) is 14.8. The lowest BCUT2D eigenvalue weighted by atomic mass is 9.60. The van der Waals surface area contributed by atoms with Gasteiger partial charge in [-0.1, -0.05) is 64.7 Å². The highest BCUT2D eigenvalue weighted by Gasteiger charge is 2.48. The van der Waals surface area contributed by atoms with Crippen LogP contribution in [0.25, 0.3) is 0 Å². The van der Waals surface area contributed by atoms with Crippen molar-refractivity contribution in [2.24, 2.45) is 17.3 Å². The van der Waals surface area contributed by atoms with E-state index in [1.54, 1.807) is 0 Å². The van der Waals surface area contributed by atoms with Gasteiger partial charge in [-0.15, -0.1) is 13.2 Å². The highest BCUT2D eigenvalue weighted by molar-refractivity contribution is 5.79. The quantitative estimate of drug-likeness (QED) is 0.235. The average molecular weight is 441 g/mol. The zero-order valence-corrected chi connectivity index (χ0v) is 18.5. The number of unbranched alkanes of at least 4 members (excludes halogenated alkanes) is 2. The minimum Gasteiger partial charge on any atom is -0.426 e. The van der Waals surface area contributed by atoms with Crippen molar-refractivity contribution in [2.45, 2.75) is 96.8 Å². The molecule has 174 valence electrons. The molecule has 0 amide bonds. The zero-order valence-electron chi connectivity index (χ0n) is 18.5. The fourth-order valence-corrected chi connectivity index (χ4v) is 5.57. The number of halogens is 3. The van der Waals surface area contributed by atoms with Crippen molar-refractivity contribution >= 4 is 5.97 Å². The number of carbonyl (C=O) groups is 1. The van der Waals surface area contributed by atoms with Gasteiger partial charge in [-0.25, -0.2) is 0 Å². The molecule has 31 heavy (non-hydrogen) atoms. The third kappa shape index (κ3) is 6.63. The molecule has 0 aliphatic heterocycles. The van der Waals surface area contributed by atoms with Gasteiger partial charge >= 0.3 is 12.3 Å². The van der Waals surface area contributed by atoms with E-state index in [0.717, 1.165) is 50.9 Å². The van der Waals surface area contributed by atoms with Crippen molar-refractivity contribution in [3.8, 4) is 11.5 Å². The Labute approximate surface area is 183 Å². The van der Waals surface area contributed by atoms with Crippen molar-refractivity contribution in [1.29, 1.82) is 0 Å². The maximum Gasteiger partial charge on any atom is 0.573 e. The molecule has 2 aliphatic carbocycles. The first-order valence-electron chi connectivity index (χ1n) is 11.9. The predicted molar refractivity (Wildman–Crippen MR) is 114 cm³/mol. The van der Waals surface area contributed by atoms with Crippen LogP contribution in [-0.4, -0.2) is 12.3 Å². The standard InChI is InChI=1S/C25H35F3O3/c1-2-3-5-8-19-9-11-20(12-10-19)24(17-6-4-7-18-24)23(29)30-21-13-15-22(16-14-21)31-25(26,27)28/h13-16,19-20H,2-12,17-18H2,1H3. The van der Waals surface area contributed by atoms with Crippen LogP contribution in [0, 0.1) is 17.3 Å². The van der Waals surface area contributed by atoms with Crippen LogP contribution in [0.2, 0.25) is 0 Å². The monoisotopic (exact) mass is 440 g/mol. The van der Waals surface area contributed by atoms with Gasteiger partial charge in [-0.05, 0) is 61.8 Å². The Balaban J connectivity index is 1.63. The summed E-state index contributed by atoms with van der Waals surface area (Å²) >= 11 is 0. The van der Waals surface area contributed by atoms with Crippen LogP contribution in [0.1, 0.15) is 90.4 Å². The Kier molecular flexibility index (Phi) is 8.29. The second-order valence-corrected chi connectivity index (χ2v) is 9.34. The minimum absolute atomic E-state index is 0.203. The van der Waals surface area contributed by atoms with Gasteiger partial charge in [0, 0.05) is 0 Å². The lowest BCUT2D eigenvalue weighted by molar-refractivity contribution is -0.274. The first kappa shape index (κ1) is 23.9. The van der Waals surface area contributed by atoms with E-state index in [2.05, 4.69) is 11.7 Å². The highest BCUT2D eigenvalue weighted by atomic mass is 19.4. The van der Waals surface area contributed by atoms with Crippen LogP contribution in [0.5, 0.6) is 11.5 Å². The van der Waals surface area contributed by atoms with E-state index in [-0.39, 0.29) is 17.5 Å². The molecule has 0 unspecified atom stereocenters. The van der Waals surface area contributed by atoms with Gasteiger partial charge < -0.3 is 9.47 Å². The van der Waals surface area contributed by atoms with E-state index >= 15 is 0 Å². The van der Waals surface area contributed by atoms with Crippen LogP contribution in [0.4, 0.5) is 13.2 Å². The molecule has 3 nitrogen and oxygen atoms in total. The fourth-order valence-electron chi connectivity index (χ4n) is 5.57. The van der Waals surface area contributed by atoms with E-state index < -0.39 is 11.8 Å². The molecule has 0 N–H and O–H groups in total. The van der Waals surface area contributed by atoms with Gasteiger partial charge in [0.1, 0.15) is 11.5 Å². The summed E-state index contributed by atoms with van der Waals surface area (Å²) in [7, 11) is 0. The Hall–Kier alpha value is -1.72. The molecular weight excluding hydrogens is 405 g/mol. The molecule has 0 spiro atoms. The average Bonchev–Trinajstić information content (AvgIpc) is 2.75. The summed E-state index contributed by atoms with van der Waals surface area (Å²) in [6, 6.07) is 5.12. The molecule has 0 saturated heterocycles. The van der Waals surface area contributed by atoms with E-state index in [1.807, 2.05) is 0 Å².